The zero-order valence-electron chi connectivity index (χ0n) is 8.34. The third-order valence-corrected chi connectivity index (χ3v) is 2.71. The second-order valence-electron chi connectivity index (χ2n) is 3.47. The quantitative estimate of drug-likeness (QED) is 0.642. The standard InChI is InChI=1S/C12H8ClN3/c13-12-11-6-14-8-16(11)7-10(15-12)9-4-2-1-3-5-9/h1-8H. The Kier molecular flexibility index (Phi) is 2.11. The van der Waals surface area contributed by atoms with Crippen LogP contribution >= 0.6 is 11.6 Å². The smallest absolute Gasteiger partial charge is 0.155 e. The zero-order valence-corrected chi connectivity index (χ0v) is 9.09. The van der Waals surface area contributed by atoms with E-state index in [9.17, 15) is 0 Å². The summed E-state index contributed by atoms with van der Waals surface area (Å²) in [6.45, 7) is 0. The van der Waals surface area contributed by atoms with Crippen LogP contribution in [0.4, 0.5) is 0 Å². The Balaban J connectivity index is 2.25. The highest BCUT2D eigenvalue weighted by Gasteiger charge is 2.05. The van der Waals surface area contributed by atoms with Crippen molar-refractivity contribution >= 4 is 17.1 Å². The molecule has 78 valence electrons. The van der Waals surface area contributed by atoms with Gasteiger partial charge in [-0.05, 0) is 0 Å². The molecule has 1 aromatic carbocycles. The number of hydrogen-bond donors (Lipinski definition) is 0. The Hall–Kier alpha value is -1.87. The minimum Gasteiger partial charge on any atom is -0.301 e. The maximum Gasteiger partial charge on any atom is 0.155 e. The van der Waals surface area contributed by atoms with Crippen LogP contribution in [0.5, 0.6) is 0 Å². The van der Waals surface area contributed by atoms with E-state index in [1.807, 2.05) is 40.9 Å². The summed E-state index contributed by atoms with van der Waals surface area (Å²) in [4.78, 5) is 8.38. The highest BCUT2D eigenvalue weighted by molar-refractivity contribution is 6.32. The van der Waals surface area contributed by atoms with Crippen molar-refractivity contribution < 1.29 is 0 Å². The molecule has 0 saturated carbocycles. The maximum atomic E-state index is 6.08. The van der Waals surface area contributed by atoms with Crippen LogP contribution in [-0.2, 0) is 0 Å². The summed E-state index contributed by atoms with van der Waals surface area (Å²) in [5.41, 5.74) is 2.71. The van der Waals surface area contributed by atoms with Crippen molar-refractivity contribution in [2.45, 2.75) is 0 Å². The first-order valence-electron chi connectivity index (χ1n) is 4.88. The van der Waals surface area contributed by atoms with Crippen molar-refractivity contribution in [3.8, 4) is 11.3 Å². The van der Waals surface area contributed by atoms with Gasteiger partial charge in [0.25, 0.3) is 0 Å². The highest BCUT2D eigenvalue weighted by Crippen LogP contribution is 2.21. The number of rotatable bonds is 1. The molecule has 4 heteroatoms. The zero-order chi connectivity index (χ0) is 11.0. The molecule has 0 aliphatic carbocycles. The molecule has 3 rings (SSSR count). The van der Waals surface area contributed by atoms with E-state index in [-0.39, 0.29) is 0 Å². The van der Waals surface area contributed by atoms with Crippen molar-refractivity contribution in [2.24, 2.45) is 0 Å². The Bertz CT molecular complexity index is 631. The molecular weight excluding hydrogens is 222 g/mol. The average molecular weight is 230 g/mol. The monoisotopic (exact) mass is 229 g/mol. The third kappa shape index (κ3) is 1.46. The molecule has 0 saturated heterocycles. The first-order valence-corrected chi connectivity index (χ1v) is 5.26. The summed E-state index contributed by atoms with van der Waals surface area (Å²) >= 11 is 6.08. The lowest BCUT2D eigenvalue weighted by molar-refractivity contribution is 1.12. The van der Waals surface area contributed by atoms with E-state index >= 15 is 0 Å². The van der Waals surface area contributed by atoms with Gasteiger partial charge in [-0.3, -0.25) is 0 Å². The number of imidazole rings is 1. The van der Waals surface area contributed by atoms with E-state index in [0.717, 1.165) is 16.8 Å². The summed E-state index contributed by atoms with van der Waals surface area (Å²) in [7, 11) is 0. The number of fused-ring (bicyclic) bond motifs is 1. The summed E-state index contributed by atoms with van der Waals surface area (Å²) < 4.78 is 1.87. The van der Waals surface area contributed by atoms with E-state index in [4.69, 9.17) is 11.6 Å². The van der Waals surface area contributed by atoms with E-state index < -0.39 is 0 Å². The van der Waals surface area contributed by atoms with Gasteiger partial charge >= 0.3 is 0 Å². The summed E-state index contributed by atoms with van der Waals surface area (Å²) in [5, 5.41) is 0.471. The summed E-state index contributed by atoms with van der Waals surface area (Å²) in [5.74, 6) is 0. The second kappa shape index (κ2) is 3.61. The van der Waals surface area contributed by atoms with Gasteiger partial charge in [0.05, 0.1) is 18.2 Å². The lowest BCUT2D eigenvalue weighted by Gasteiger charge is -2.03. The van der Waals surface area contributed by atoms with Crippen LogP contribution in [0, 0.1) is 0 Å². The van der Waals surface area contributed by atoms with Crippen LogP contribution in [-0.4, -0.2) is 14.4 Å². The van der Waals surface area contributed by atoms with E-state index in [0.29, 0.717) is 5.15 Å². The molecular formula is C12H8ClN3. The summed E-state index contributed by atoms with van der Waals surface area (Å²) in [6.07, 6.45) is 5.34. The Morgan fingerprint density at radius 2 is 1.94 bits per heavy atom. The predicted molar refractivity (Wildman–Crippen MR) is 63.4 cm³/mol. The molecule has 0 atom stereocenters. The maximum absolute atomic E-state index is 6.08. The molecule has 16 heavy (non-hydrogen) atoms. The molecule has 0 bridgehead atoms. The van der Waals surface area contributed by atoms with Crippen molar-refractivity contribution in [3.63, 3.8) is 0 Å². The van der Waals surface area contributed by atoms with Gasteiger partial charge in [-0.2, -0.15) is 0 Å². The molecule has 0 fully saturated rings. The van der Waals surface area contributed by atoms with Crippen molar-refractivity contribution in [1.82, 2.24) is 14.4 Å². The van der Waals surface area contributed by atoms with Gasteiger partial charge < -0.3 is 4.40 Å². The van der Waals surface area contributed by atoms with Crippen LogP contribution in [0.15, 0.2) is 49.1 Å². The van der Waals surface area contributed by atoms with Crippen LogP contribution in [0.1, 0.15) is 0 Å². The largest absolute Gasteiger partial charge is 0.301 e. The van der Waals surface area contributed by atoms with E-state index in [2.05, 4.69) is 9.97 Å². The molecule has 2 aromatic heterocycles. The van der Waals surface area contributed by atoms with Crippen LogP contribution < -0.4 is 0 Å². The lowest BCUT2D eigenvalue weighted by atomic mass is 10.2. The molecule has 0 amide bonds. The van der Waals surface area contributed by atoms with Crippen molar-refractivity contribution in [2.75, 3.05) is 0 Å². The molecule has 0 spiro atoms. The van der Waals surface area contributed by atoms with Gasteiger partial charge in [0, 0.05) is 11.8 Å². The van der Waals surface area contributed by atoms with Crippen LogP contribution in [0.25, 0.3) is 16.8 Å². The normalized spacial score (nSPS) is 10.8. The predicted octanol–water partition coefficient (Wildman–Crippen LogP) is 3.05. The fourth-order valence-electron chi connectivity index (χ4n) is 1.64. The van der Waals surface area contributed by atoms with Crippen molar-refractivity contribution in [1.29, 1.82) is 0 Å². The van der Waals surface area contributed by atoms with Gasteiger partial charge in [0.1, 0.15) is 5.52 Å². The third-order valence-electron chi connectivity index (χ3n) is 2.43. The van der Waals surface area contributed by atoms with Gasteiger partial charge in [0.2, 0.25) is 0 Å². The van der Waals surface area contributed by atoms with Gasteiger partial charge in [0.15, 0.2) is 5.15 Å². The number of aromatic nitrogens is 3. The average Bonchev–Trinajstić information content (AvgIpc) is 2.79. The van der Waals surface area contributed by atoms with Crippen molar-refractivity contribution in [3.05, 3.63) is 54.2 Å². The highest BCUT2D eigenvalue weighted by atomic mass is 35.5. The second-order valence-corrected chi connectivity index (χ2v) is 3.83. The first kappa shape index (κ1) is 9.36. The van der Waals surface area contributed by atoms with E-state index in [1.54, 1.807) is 12.5 Å². The molecule has 0 N–H and O–H groups in total. The van der Waals surface area contributed by atoms with Gasteiger partial charge in [-0.25, -0.2) is 9.97 Å². The fourth-order valence-corrected chi connectivity index (χ4v) is 1.88. The van der Waals surface area contributed by atoms with Crippen LogP contribution in [0.2, 0.25) is 5.15 Å². The summed E-state index contributed by atoms with van der Waals surface area (Å²) in [6, 6.07) is 9.93. The van der Waals surface area contributed by atoms with Gasteiger partial charge in [-0.1, -0.05) is 41.9 Å². The molecule has 0 aliphatic rings. The molecule has 0 aliphatic heterocycles. The Morgan fingerprint density at radius 3 is 2.75 bits per heavy atom. The minimum atomic E-state index is 0.471. The first-order chi connectivity index (χ1) is 7.84. The van der Waals surface area contributed by atoms with Crippen LogP contribution in [0.3, 0.4) is 0 Å². The Labute approximate surface area is 97.3 Å². The Morgan fingerprint density at radius 1 is 1.12 bits per heavy atom. The fraction of sp³-hybridized carbons (Fsp3) is 0. The lowest BCUT2D eigenvalue weighted by Crippen LogP contribution is -1.90. The molecule has 3 nitrogen and oxygen atoms in total. The van der Waals surface area contributed by atoms with E-state index in [1.165, 1.54) is 0 Å². The number of hydrogen-bond acceptors (Lipinski definition) is 2. The van der Waals surface area contributed by atoms with Gasteiger partial charge in [-0.15, -0.1) is 0 Å². The molecule has 0 radical (unpaired) electrons. The number of benzene rings is 1. The topological polar surface area (TPSA) is 30.2 Å². The molecule has 3 aromatic rings. The molecule has 0 unspecified atom stereocenters. The molecule has 2 heterocycles. The minimum absolute atomic E-state index is 0.471. The number of halogens is 1. The number of nitrogens with zero attached hydrogens (tertiary/aromatic N) is 3. The SMILES string of the molecule is Clc1nc(-c2ccccc2)cn2cncc12.